The van der Waals surface area contributed by atoms with Crippen LogP contribution in [0.2, 0.25) is 0 Å². The molecular formula is C14H9F3N4O4. The number of carboxylic acids is 1. The molecule has 130 valence electrons. The maximum atomic E-state index is 12.9. The van der Waals surface area contributed by atoms with Crippen LogP contribution in [0.4, 0.5) is 13.2 Å². The number of aliphatic carboxylic acids is 1. The fourth-order valence-electron chi connectivity index (χ4n) is 2.32. The Kier molecular flexibility index (Phi) is 3.70. The normalized spacial score (nSPS) is 11.8. The highest BCUT2D eigenvalue weighted by Crippen LogP contribution is 2.34. The van der Waals surface area contributed by atoms with E-state index in [2.05, 4.69) is 10.1 Å². The molecule has 0 radical (unpaired) electrons. The van der Waals surface area contributed by atoms with Gasteiger partial charge in [0.25, 0.3) is 11.7 Å². The third kappa shape index (κ3) is 2.79. The van der Waals surface area contributed by atoms with Crippen molar-refractivity contribution < 1.29 is 33.0 Å². The van der Waals surface area contributed by atoms with E-state index in [4.69, 9.17) is 5.11 Å². The molecule has 0 saturated heterocycles. The van der Waals surface area contributed by atoms with Gasteiger partial charge < -0.3 is 15.5 Å². The lowest BCUT2D eigenvalue weighted by atomic mass is 10.1. The SMILES string of the molecule is O=C(O)CNC(=O)c1c(O)c2ccccc2c2nc(C(F)(F)F)nn12. The lowest BCUT2D eigenvalue weighted by Crippen LogP contribution is -2.31. The van der Waals surface area contributed by atoms with Crippen LogP contribution >= 0.6 is 0 Å². The number of carbonyl (C=O) groups is 2. The zero-order valence-corrected chi connectivity index (χ0v) is 12.2. The molecule has 0 aliphatic heterocycles. The van der Waals surface area contributed by atoms with Crippen LogP contribution in [0.3, 0.4) is 0 Å². The number of halogens is 3. The van der Waals surface area contributed by atoms with Gasteiger partial charge >= 0.3 is 12.1 Å². The maximum Gasteiger partial charge on any atom is 0.453 e. The molecule has 0 atom stereocenters. The molecule has 3 rings (SSSR count). The van der Waals surface area contributed by atoms with Crippen LogP contribution in [0.15, 0.2) is 24.3 Å². The fourth-order valence-corrected chi connectivity index (χ4v) is 2.32. The Morgan fingerprint density at radius 1 is 1.20 bits per heavy atom. The summed E-state index contributed by atoms with van der Waals surface area (Å²) in [6.07, 6.45) is -4.86. The molecule has 0 aliphatic rings. The van der Waals surface area contributed by atoms with Crippen molar-refractivity contribution in [2.75, 3.05) is 6.54 Å². The highest BCUT2D eigenvalue weighted by Gasteiger charge is 2.37. The molecule has 0 saturated carbocycles. The third-order valence-electron chi connectivity index (χ3n) is 3.34. The lowest BCUT2D eigenvalue weighted by molar-refractivity contribution is -0.144. The zero-order valence-electron chi connectivity index (χ0n) is 12.2. The summed E-state index contributed by atoms with van der Waals surface area (Å²) in [6.45, 7) is -0.784. The summed E-state index contributed by atoms with van der Waals surface area (Å²) in [4.78, 5) is 26.2. The second kappa shape index (κ2) is 5.61. The van der Waals surface area contributed by atoms with E-state index >= 15 is 0 Å². The van der Waals surface area contributed by atoms with Crippen LogP contribution in [0, 0.1) is 0 Å². The molecular weight excluding hydrogens is 345 g/mol. The molecule has 8 nitrogen and oxygen atoms in total. The van der Waals surface area contributed by atoms with Crippen LogP contribution in [0.1, 0.15) is 16.3 Å². The summed E-state index contributed by atoms with van der Waals surface area (Å²) in [7, 11) is 0. The van der Waals surface area contributed by atoms with E-state index in [0.717, 1.165) is 0 Å². The first-order chi connectivity index (χ1) is 11.7. The number of rotatable bonds is 3. The Hall–Kier alpha value is -3.37. The van der Waals surface area contributed by atoms with E-state index in [-0.39, 0.29) is 16.4 Å². The first kappa shape index (κ1) is 16.5. The first-order valence-corrected chi connectivity index (χ1v) is 6.77. The number of nitrogens with zero attached hydrogens (tertiary/aromatic N) is 3. The Morgan fingerprint density at radius 3 is 2.44 bits per heavy atom. The number of pyridine rings is 1. The topological polar surface area (TPSA) is 117 Å². The molecule has 0 bridgehead atoms. The molecule has 25 heavy (non-hydrogen) atoms. The van der Waals surface area contributed by atoms with Crippen LogP contribution < -0.4 is 5.32 Å². The number of carboxylic acid groups (broad SMARTS) is 1. The number of alkyl halides is 3. The molecule has 1 amide bonds. The minimum Gasteiger partial charge on any atom is -0.505 e. The van der Waals surface area contributed by atoms with Gasteiger partial charge in [0, 0.05) is 10.8 Å². The summed E-state index contributed by atoms with van der Waals surface area (Å²) in [6, 6.07) is 5.84. The Balaban J connectivity index is 2.32. The molecule has 3 N–H and O–H groups in total. The predicted octanol–water partition coefficient (Wildman–Crippen LogP) is 1.42. The smallest absolute Gasteiger partial charge is 0.453 e. The average molecular weight is 354 g/mol. The van der Waals surface area contributed by atoms with E-state index in [1.54, 1.807) is 0 Å². The van der Waals surface area contributed by atoms with Gasteiger partial charge in [0.1, 0.15) is 6.54 Å². The van der Waals surface area contributed by atoms with E-state index in [1.807, 2.05) is 5.32 Å². The summed E-state index contributed by atoms with van der Waals surface area (Å²) in [5.41, 5.74) is -0.931. The van der Waals surface area contributed by atoms with Crippen molar-refractivity contribution >= 4 is 28.3 Å². The predicted molar refractivity (Wildman–Crippen MR) is 77.1 cm³/mol. The van der Waals surface area contributed by atoms with Gasteiger partial charge in [0.2, 0.25) is 0 Å². The number of carbonyl (C=O) groups excluding carboxylic acids is 1. The molecule has 2 heterocycles. The maximum absolute atomic E-state index is 12.9. The quantitative estimate of drug-likeness (QED) is 0.655. The standard InChI is InChI=1S/C14H9F3N4O4/c15-14(16,17)13-19-11-7-4-2-1-3-6(7)10(24)9(21(11)20-13)12(25)18-5-8(22)23/h1-4,24H,5H2,(H,18,25)(H,22,23). The number of hydrogen-bond acceptors (Lipinski definition) is 5. The molecule has 2 aromatic heterocycles. The van der Waals surface area contributed by atoms with Gasteiger partial charge in [0.05, 0.1) is 0 Å². The third-order valence-corrected chi connectivity index (χ3v) is 3.34. The van der Waals surface area contributed by atoms with E-state index in [1.165, 1.54) is 24.3 Å². The monoisotopic (exact) mass is 354 g/mol. The van der Waals surface area contributed by atoms with Crippen LogP contribution in [0.25, 0.3) is 16.4 Å². The van der Waals surface area contributed by atoms with Crippen molar-refractivity contribution in [2.24, 2.45) is 0 Å². The van der Waals surface area contributed by atoms with Crippen LogP contribution in [-0.2, 0) is 11.0 Å². The number of aromatic nitrogens is 3. The minimum absolute atomic E-state index is 0.0802. The average Bonchev–Trinajstić information content (AvgIpc) is 2.98. The number of benzene rings is 1. The molecule has 3 aromatic rings. The van der Waals surface area contributed by atoms with Crippen molar-refractivity contribution in [3.63, 3.8) is 0 Å². The fraction of sp³-hybridized carbons (Fsp3) is 0.143. The summed E-state index contributed by atoms with van der Waals surface area (Å²) >= 11 is 0. The van der Waals surface area contributed by atoms with E-state index < -0.39 is 41.9 Å². The first-order valence-electron chi connectivity index (χ1n) is 6.77. The largest absolute Gasteiger partial charge is 0.505 e. The summed E-state index contributed by atoms with van der Waals surface area (Å²) in [5, 5.41) is 24.4. The summed E-state index contributed by atoms with van der Waals surface area (Å²) < 4.78 is 39.4. The number of amides is 1. The van der Waals surface area contributed by atoms with E-state index in [9.17, 15) is 27.9 Å². The number of hydrogen-bond donors (Lipinski definition) is 3. The Morgan fingerprint density at radius 2 is 1.84 bits per heavy atom. The number of nitrogens with one attached hydrogen (secondary N) is 1. The van der Waals surface area contributed by atoms with Gasteiger partial charge in [-0.1, -0.05) is 24.3 Å². The minimum atomic E-state index is -4.86. The van der Waals surface area contributed by atoms with Gasteiger partial charge in [-0.25, -0.2) is 9.50 Å². The molecule has 0 unspecified atom stereocenters. The molecule has 0 fully saturated rings. The Bertz CT molecular complexity index is 1010. The van der Waals surface area contributed by atoms with Crippen molar-refractivity contribution in [3.05, 3.63) is 35.8 Å². The number of fused-ring (bicyclic) bond motifs is 3. The highest BCUT2D eigenvalue weighted by atomic mass is 19.4. The second-order valence-electron chi connectivity index (χ2n) is 4.99. The molecule has 0 aliphatic carbocycles. The van der Waals surface area contributed by atoms with E-state index in [0.29, 0.717) is 4.52 Å². The summed E-state index contributed by atoms with van der Waals surface area (Å²) in [5.74, 6) is -4.59. The van der Waals surface area contributed by atoms with Gasteiger partial charge in [0.15, 0.2) is 17.1 Å². The van der Waals surface area contributed by atoms with Gasteiger partial charge in [-0.15, -0.1) is 5.10 Å². The van der Waals surface area contributed by atoms with Crippen molar-refractivity contribution in [1.82, 2.24) is 19.9 Å². The van der Waals surface area contributed by atoms with Crippen molar-refractivity contribution in [2.45, 2.75) is 6.18 Å². The van der Waals surface area contributed by atoms with Crippen molar-refractivity contribution in [1.29, 1.82) is 0 Å². The van der Waals surface area contributed by atoms with Gasteiger partial charge in [-0.05, 0) is 0 Å². The van der Waals surface area contributed by atoms with Crippen LogP contribution in [-0.4, -0.2) is 43.2 Å². The van der Waals surface area contributed by atoms with Gasteiger partial charge in [-0.2, -0.15) is 13.2 Å². The lowest BCUT2D eigenvalue weighted by Gasteiger charge is -2.10. The van der Waals surface area contributed by atoms with Crippen molar-refractivity contribution in [3.8, 4) is 5.75 Å². The number of aromatic hydroxyl groups is 1. The van der Waals surface area contributed by atoms with Gasteiger partial charge in [-0.3, -0.25) is 9.59 Å². The molecule has 11 heteroatoms. The Labute approximate surface area is 136 Å². The second-order valence-corrected chi connectivity index (χ2v) is 4.99. The molecule has 0 spiro atoms. The van der Waals surface area contributed by atoms with Crippen LogP contribution in [0.5, 0.6) is 5.75 Å². The highest BCUT2D eigenvalue weighted by molar-refractivity contribution is 6.06. The zero-order chi connectivity index (χ0) is 18.4. The molecule has 1 aromatic carbocycles.